The molecule has 0 N–H and O–H groups in total. The van der Waals surface area contributed by atoms with E-state index in [-0.39, 0.29) is 47.5 Å². The first kappa shape index (κ1) is 102. The number of hydrogen-bond donors (Lipinski definition) is 0. The molecule has 0 aromatic heterocycles. The van der Waals surface area contributed by atoms with E-state index in [2.05, 4.69) is 362 Å². The summed E-state index contributed by atoms with van der Waals surface area (Å²) in [6.07, 6.45) is 46.9. The van der Waals surface area contributed by atoms with Crippen LogP contribution in [0.2, 0.25) is 24.2 Å². The first-order valence-corrected chi connectivity index (χ1v) is 60.2. The normalized spacial score (nSPS) is 16.7. The standard InChI is InChI=1S/C61H74Si.C37H56B2O4.C24H32I2Si/c1-5-9-13-23-39-61(40-24-14-10-6-2)57-45-51(48-29-21-18-22-30-48)31-35-53(57)54-36-32-52(46-58(54)61)50-34-38-60-56(44-50)55-43-49(47-27-19-17-20-28-47)33-37-59(55)62(60,41-25-15-11-7-3)42-26-16-12-8-4;1-11-13-15-17-23-37(24-18-16-14-12-2)31-25-27(38-40-33(3,4)34(5,6)41-38)19-21-29(31)30-22-20-28(26-32(30)37)39-42-35(7,8)36(9,10)43-39;1-3-5-7-9-15-27(16-10-8-6-4-2)23-13-11-19(25)17-21(23)22-18-20(26)12-14-24(22)27/h17-22,27-38,43-46H,5-16,23-26,39-42H2,1-4H3;19-22,25-26H,11-18,23-24H2,1-10H3;11-14,17-18H,3-10,15-16H2,1-2H3. The third kappa shape index (κ3) is 22.0. The molecule has 4 aliphatic heterocycles. The van der Waals surface area contributed by atoms with Crippen LogP contribution >= 0.6 is 45.2 Å². The van der Waals surface area contributed by atoms with Crippen LogP contribution in [0.15, 0.2) is 206 Å². The lowest BCUT2D eigenvalue weighted by atomic mass is 9.67. The molecular formula is C122H162B2I2O4Si2. The number of fused-ring (bicyclic) bond motifs is 12. The van der Waals surface area contributed by atoms with Gasteiger partial charge in [-0.05, 0) is 331 Å². The zero-order valence-corrected chi connectivity index (χ0v) is 90.8. The maximum absolute atomic E-state index is 6.55. The smallest absolute Gasteiger partial charge is 0.399 e. The number of halogens is 2. The van der Waals surface area contributed by atoms with Crippen molar-refractivity contribution in [3.05, 3.63) is 236 Å². The van der Waals surface area contributed by atoms with E-state index in [9.17, 15) is 0 Å². The predicted molar refractivity (Wildman–Crippen MR) is 597 cm³/mol. The summed E-state index contributed by atoms with van der Waals surface area (Å²) in [5.41, 5.74) is 26.8. The van der Waals surface area contributed by atoms with Crippen molar-refractivity contribution in [1.29, 1.82) is 0 Å². The molecule has 0 atom stereocenters. The topological polar surface area (TPSA) is 36.9 Å². The van der Waals surface area contributed by atoms with Crippen LogP contribution in [0.1, 0.15) is 364 Å². The third-order valence-corrected chi connectivity index (χ3v) is 44.7. The number of rotatable bonds is 45. The second-order valence-electron chi connectivity index (χ2n) is 42.8. The van der Waals surface area contributed by atoms with E-state index < -0.39 is 16.1 Å². The maximum Gasteiger partial charge on any atom is 0.494 e. The molecule has 6 aliphatic rings. The molecule has 0 bridgehead atoms. The fourth-order valence-electron chi connectivity index (χ4n) is 23.7. The number of benzene rings is 10. The van der Waals surface area contributed by atoms with Crippen LogP contribution in [0.25, 0.3) is 77.9 Å². The van der Waals surface area contributed by atoms with Crippen molar-refractivity contribution in [3.8, 4) is 77.9 Å². The van der Waals surface area contributed by atoms with Gasteiger partial charge in [-0.1, -0.05) is 419 Å². The van der Waals surface area contributed by atoms with Crippen molar-refractivity contribution in [2.24, 2.45) is 0 Å². The molecule has 0 radical (unpaired) electrons. The molecule has 4 heterocycles. The van der Waals surface area contributed by atoms with Gasteiger partial charge >= 0.3 is 14.2 Å². The van der Waals surface area contributed by atoms with Crippen LogP contribution in [0, 0.1) is 7.14 Å². The van der Waals surface area contributed by atoms with Gasteiger partial charge in [0.1, 0.15) is 16.1 Å². The van der Waals surface area contributed by atoms with Gasteiger partial charge in [0, 0.05) is 18.0 Å². The average Bonchev–Trinajstić information content (AvgIpc) is 1.57. The summed E-state index contributed by atoms with van der Waals surface area (Å²) in [7, 11) is -4.34. The third-order valence-electron chi connectivity index (χ3n) is 32.7. The second-order valence-corrected chi connectivity index (χ2v) is 53.7. The summed E-state index contributed by atoms with van der Waals surface area (Å²) in [6.45, 7) is 35.8. The molecule has 2 fully saturated rings. The molecule has 2 saturated heterocycles. The second kappa shape index (κ2) is 46.2. The summed E-state index contributed by atoms with van der Waals surface area (Å²) in [5.74, 6) is 0. The molecule has 0 amide bonds. The van der Waals surface area contributed by atoms with Crippen LogP contribution in [-0.4, -0.2) is 52.8 Å². The van der Waals surface area contributed by atoms with Crippen molar-refractivity contribution >= 4 is 107 Å². The fraction of sp³-hybridized carbons (Fsp3) is 0.508. The molecule has 10 aromatic rings. The first-order chi connectivity index (χ1) is 63.9. The summed E-state index contributed by atoms with van der Waals surface area (Å²) < 4.78 is 29.0. The van der Waals surface area contributed by atoms with Crippen molar-refractivity contribution in [2.75, 3.05) is 0 Å². The summed E-state index contributed by atoms with van der Waals surface area (Å²) >= 11 is 4.97. The average molecular weight is 2020 g/mol. The fourth-order valence-corrected chi connectivity index (χ4v) is 35.8. The van der Waals surface area contributed by atoms with Gasteiger partial charge in [-0.25, -0.2) is 0 Å². The molecule has 10 aromatic carbocycles. The molecule has 0 saturated carbocycles. The van der Waals surface area contributed by atoms with Gasteiger partial charge in [-0.15, -0.1) is 0 Å². The molecule has 702 valence electrons. The van der Waals surface area contributed by atoms with Crippen LogP contribution in [0.4, 0.5) is 0 Å². The minimum Gasteiger partial charge on any atom is -0.399 e. The minimum absolute atomic E-state index is 0.0277. The highest BCUT2D eigenvalue weighted by atomic mass is 127. The lowest BCUT2D eigenvalue weighted by molar-refractivity contribution is 0.00578. The van der Waals surface area contributed by atoms with E-state index in [0.717, 1.165) is 23.8 Å². The van der Waals surface area contributed by atoms with Crippen LogP contribution in [-0.2, 0) is 29.4 Å². The van der Waals surface area contributed by atoms with Gasteiger partial charge in [-0.2, -0.15) is 0 Å². The largest absolute Gasteiger partial charge is 0.494 e. The Bertz CT molecular complexity index is 5220. The number of unbranched alkanes of at least 4 members (excludes halogenated alkanes) is 24. The minimum atomic E-state index is -1.98. The highest BCUT2D eigenvalue weighted by molar-refractivity contribution is 14.1. The molecule has 2 aliphatic carbocycles. The van der Waals surface area contributed by atoms with E-state index in [4.69, 9.17) is 18.6 Å². The molecule has 0 unspecified atom stereocenters. The molecular weight excluding hydrogens is 1860 g/mol. The van der Waals surface area contributed by atoms with Crippen molar-refractivity contribution in [2.45, 2.75) is 399 Å². The Kier molecular flexibility index (Phi) is 35.7. The molecule has 10 heteroatoms. The summed E-state index contributed by atoms with van der Waals surface area (Å²) in [4.78, 5) is 0. The number of hydrogen-bond acceptors (Lipinski definition) is 4. The molecule has 4 nitrogen and oxygen atoms in total. The van der Waals surface area contributed by atoms with Gasteiger partial charge in [0.25, 0.3) is 0 Å². The van der Waals surface area contributed by atoms with Crippen molar-refractivity contribution in [1.82, 2.24) is 0 Å². The quantitative estimate of drug-likeness (QED) is 0.0217. The Morgan fingerprint density at radius 3 is 0.773 bits per heavy atom. The lowest BCUT2D eigenvalue weighted by Gasteiger charge is -2.33. The molecule has 132 heavy (non-hydrogen) atoms. The lowest BCUT2D eigenvalue weighted by Crippen LogP contribution is -2.55. The van der Waals surface area contributed by atoms with Crippen LogP contribution in [0.5, 0.6) is 0 Å². The van der Waals surface area contributed by atoms with Gasteiger partial charge in [0.05, 0.1) is 22.4 Å². The van der Waals surface area contributed by atoms with Crippen LogP contribution < -0.4 is 31.7 Å². The van der Waals surface area contributed by atoms with Crippen molar-refractivity contribution in [3.63, 3.8) is 0 Å². The van der Waals surface area contributed by atoms with Gasteiger partial charge in [0.15, 0.2) is 0 Å². The zero-order valence-electron chi connectivity index (χ0n) is 84.5. The summed E-state index contributed by atoms with van der Waals surface area (Å²) in [5, 5.41) is 6.92. The maximum atomic E-state index is 6.55. The Balaban J connectivity index is 0.000000173. The van der Waals surface area contributed by atoms with Crippen molar-refractivity contribution < 1.29 is 18.6 Å². The SMILES string of the molecule is CCCCCCC1(CCCCCC)c2cc(-c3ccccc3)ccc2-c2ccc(-c3ccc4c(c3)-c3cc(-c5ccccc5)ccc3[Si]4(CCCCCC)CCCCCC)cc21.CCCCCCC1(CCCCCC)c2cc(B3OC(C)(C)C(C)(C)O3)ccc2-c2ccc(B3OC(C)(C)C(C)(C)O3)cc21.CCCCCC[Si]1(CCCCCC)c2ccc(I)cc2-c2cc(I)ccc21. The van der Waals surface area contributed by atoms with E-state index >= 15 is 0 Å². The molecule has 16 rings (SSSR count). The van der Waals surface area contributed by atoms with E-state index in [1.54, 1.807) is 43.0 Å². The van der Waals surface area contributed by atoms with Gasteiger partial charge in [-0.3, -0.25) is 0 Å². The predicted octanol–water partition coefficient (Wildman–Crippen LogP) is 33.7. The Morgan fingerprint density at radius 2 is 0.470 bits per heavy atom. The Labute approximate surface area is 831 Å². The van der Waals surface area contributed by atoms with E-state index in [1.807, 2.05) is 0 Å². The van der Waals surface area contributed by atoms with E-state index in [0.29, 0.717) is 0 Å². The highest BCUT2D eigenvalue weighted by Crippen LogP contribution is 2.58. The molecule has 0 spiro atoms. The monoisotopic (exact) mass is 2020 g/mol. The van der Waals surface area contributed by atoms with Gasteiger partial charge < -0.3 is 18.6 Å². The van der Waals surface area contributed by atoms with E-state index in [1.165, 1.54) is 328 Å². The first-order valence-electron chi connectivity index (χ1n) is 53.2. The Hall–Kier alpha value is -5.94. The summed E-state index contributed by atoms with van der Waals surface area (Å²) in [6, 6.07) is 87.1. The zero-order chi connectivity index (χ0) is 93.3. The Morgan fingerprint density at radius 1 is 0.227 bits per heavy atom. The van der Waals surface area contributed by atoms with Crippen LogP contribution in [0.3, 0.4) is 0 Å². The highest BCUT2D eigenvalue weighted by Gasteiger charge is 2.56. The van der Waals surface area contributed by atoms with Gasteiger partial charge in [0.2, 0.25) is 0 Å².